The maximum absolute atomic E-state index is 10.9. The van der Waals surface area contributed by atoms with E-state index in [4.69, 9.17) is 26.3 Å². The Kier molecular flexibility index (Phi) is 5.40. The van der Waals surface area contributed by atoms with Crippen molar-refractivity contribution in [2.75, 3.05) is 6.61 Å². The number of nitrogens with zero attached hydrogens (tertiary/aromatic N) is 1. The molecule has 2 aromatic rings. The number of ether oxygens (including phenoxy) is 2. The molecule has 0 saturated carbocycles. The highest BCUT2D eigenvalue weighted by Crippen LogP contribution is 2.36. The van der Waals surface area contributed by atoms with Gasteiger partial charge in [-0.25, -0.2) is 0 Å². The van der Waals surface area contributed by atoms with E-state index in [1.54, 1.807) is 24.3 Å². The minimum absolute atomic E-state index is 0.246. The molecule has 0 fully saturated rings. The van der Waals surface area contributed by atoms with Crippen molar-refractivity contribution in [1.29, 1.82) is 5.26 Å². The number of halogens is 1. The van der Waals surface area contributed by atoms with Crippen LogP contribution in [0.3, 0.4) is 0 Å². The van der Waals surface area contributed by atoms with Gasteiger partial charge in [-0.05, 0) is 36.8 Å². The standard InChI is InChI=1S/C17H14ClNO3/c1-2-21-16-8-14(10-20)7-15(18)17(16)22-11-13-5-3-4-12(6-13)9-19/h3-8,10H,2,11H2,1H3. The summed E-state index contributed by atoms with van der Waals surface area (Å²) in [6.45, 7) is 2.51. The first kappa shape index (κ1) is 15.9. The van der Waals surface area contributed by atoms with Gasteiger partial charge in [0.1, 0.15) is 12.9 Å². The van der Waals surface area contributed by atoms with E-state index in [0.29, 0.717) is 40.5 Å². The number of carbonyl (C=O) groups is 1. The van der Waals surface area contributed by atoms with Crippen LogP contribution in [0.1, 0.15) is 28.4 Å². The van der Waals surface area contributed by atoms with Gasteiger partial charge in [0.05, 0.1) is 23.3 Å². The molecule has 5 heteroatoms. The predicted molar refractivity (Wildman–Crippen MR) is 83.5 cm³/mol. The fourth-order valence-corrected chi connectivity index (χ4v) is 2.22. The Labute approximate surface area is 133 Å². The average molecular weight is 316 g/mol. The summed E-state index contributed by atoms with van der Waals surface area (Å²) in [6.07, 6.45) is 0.703. The van der Waals surface area contributed by atoms with Crippen LogP contribution in [0.15, 0.2) is 36.4 Å². The molecular weight excluding hydrogens is 302 g/mol. The number of rotatable bonds is 6. The second-order valence-electron chi connectivity index (χ2n) is 4.48. The van der Waals surface area contributed by atoms with Crippen LogP contribution in [0.25, 0.3) is 0 Å². The van der Waals surface area contributed by atoms with E-state index >= 15 is 0 Å². The Morgan fingerprint density at radius 1 is 1.27 bits per heavy atom. The number of aldehydes is 1. The topological polar surface area (TPSA) is 59.3 Å². The summed E-state index contributed by atoms with van der Waals surface area (Å²) in [6, 6.07) is 12.3. The molecule has 0 bridgehead atoms. The molecule has 4 nitrogen and oxygen atoms in total. The van der Waals surface area contributed by atoms with Gasteiger partial charge in [0.15, 0.2) is 11.5 Å². The van der Waals surface area contributed by atoms with Crippen LogP contribution in [-0.2, 0) is 6.61 Å². The molecule has 2 rings (SSSR count). The Morgan fingerprint density at radius 3 is 2.77 bits per heavy atom. The highest BCUT2D eigenvalue weighted by molar-refractivity contribution is 6.32. The monoisotopic (exact) mass is 315 g/mol. The van der Waals surface area contributed by atoms with Gasteiger partial charge >= 0.3 is 0 Å². The predicted octanol–water partition coefficient (Wildman–Crippen LogP) is 4.00. The fraction of sp³-hybridized carbons (Fsp3) is 0.176. The molecule has 0 aliphatic carbocycles. The lowest BCUT2D eigenvalue weighted by Gasteiger charge is -2.14. The molecule has 22 heavy (non-hydrogen) atoms. The van der Waals surface area contributed by atoms with Crippen molar-refractivity contribution in [3.63, 3.8) is 0 Å². The van der Waals surface area contributed by atoms with Crippen LogP contribution in [-0.4, -0.2) is 12.9 Å². The molecule has 0 heterocycles. The lowest BCUT2D eigenvalue weighted by atomic mass is 10.1. The van der Waals surface area contributed by atoms with Crippen molar-refractivity contribution in [3.05, 3.63) is 58.1 Å². The number of benzene rings is 2. The van der Waals surface area contributed by atoms with Crippen LogP contribution < -0.4 is 9.47 Å². The van der Waals surface area contributed by atoms with Crippen LogP contribution in [0, 0.1) is 11.3 Å². The van der Waals surface area contributed by atoms with Gasteiger partial charge in [-0.15, -0.1) is 0 Å². The first-order valence-corrected chi connectivity index (χ1v) is 7.09. The summed E-state index contributed by atoms with van der Waals surface area (Å²) >= 11 is 6.16. The molecule has 0 aliphatic heterocycles. The van der Waals surface area contributed by atoms with Gasteiger partial charge < -0.3 is 9.47 Å². The molecule has 2 aromatic carbocycles. The second kappa shape index (κ2) is 7.48. The van der Waals surface area contributed by atoms with Crippen molar-refractivity contribution < 1.29 is 14.3 Å². The van der Waals surface area contributed by atoms with Gasteiger partial charge in [-0.2, -0.15) is 5.26 Å². The Morgan fingerprint density at radius 2 is 2.09 bits per heavy atom. The highest BCUT2D eigenvalue weighted by atomic mass is 35.5. The summed E-state index contributed by atoms with van der Waals surface area (Å²) in [7, 11) is 0. The van der Waals surface area contributed by atoms with Crippen molar-refractivity contribution in [2.45, 2.75) is 13.5 Å². The summed E-state index contributed by atoms with van der Waals surface area (Å²) in [4.78, 5) is 10.9. The Balaban J connectivity index is 2.24. The third-order valence-electron chi connectivity index (χ3n) is 2.91. The van der Waals surface area contributed by atoms with E-state index in [1.807, 2.05) is 13.0 Å². The molecule has 0 saturated heterocycles. The zero-order chi connectivity index (χ0) is 15.9. The highest BCUT2D eigenvalue weighted by Gasteiger charge is 2.13. The van der Waals surface area contributed by atoms with Crippen molar-refractivity contribution in [1.82, 2.24) is 0 Å². The summed E-state index contributed by atoms with van der Waals surface area (Å²) in [5.41, 5.74) is 1.83. The van der Waals surface area contributed by atoms with E-state index in [9.17, 15) is 4.79 Å². The summed E-state index contributed by atoms with van der Waals surface area (Å²) in [5.74, 6) is 0.810. The molecule has 0 N–H and O–H groups in total. The van der Waals surface area contributed by atoms with Crippen LogP contribution in [0.5, 0.6) is 11.5 Å². The summed E-state index contributed by atoms with van der Waals surface area (Å²) < 4.78 is 11.2. The van der Waals surface area contributed by atoms with Crippen molar-refractivity contribution >= 4 is 17.9 Å². The largest absolute Gasteiger partial charge is 0.490 e. The van der Waals surface area contributed by atoms with Crippen LogP contribution in [0.4, 0.5) is 0 Å². The third-order valence-corrected chi connectivity index (χ3v) is 3.19. The third kappa shape index (κ3) is 3.78. The maximum atomic E-state index is 10.9. The average Bonchev–Trinajstić information content (AvgIpc) is 2.54. The van der Waals surface area contributed by atoms with Crippen molar-refractivity contribution in [2.24, 2.45) is 0 Å². The van der Waals surface area contributed by atoms with Gasteiger partial charge in [-0.3, -0.25) is 4.79 Å². The van der Waals surface area contributed by atoms with Crippen molar-refractivity contribution in [3.8, 4) is 17.6 Å². The maximum Gasteiger partial charge on any atom is 0.180 e. The van der Waals surface area contributed by atoms with E-state index in [1.165, 1.54) is 6.07 Å². The number of hydrogen-bond donors (Lipinski definition) is 0. The lowest BCUT2D eigenvalue weighted by molar-refractivity contribution is 0.112. The lowest BCUT2D eigenvalue weighted by Crippen LogP contribution is -2.01. The van der Waals surface area contributed by atoms with Gasteiger partial charge in [0.2, 0.25) is 0 Å². The van der Waals surface area contributed by atoms with Gasteiger partial charge in [-0.1, -0.05) is 23.7 Å². The molecular formula is C17H14ClNO3. The number of nitriles is 1. The molecule has 0 amide bonds. The normalized spacial score (nSPS) is 9.86. The molecule has 0 radical (unpaired) electrons. The quantitative estimate of drug-likeness (QED) is 0.756. The Bertz CT molecular complexity index is 722. The molecule has 0 aliphatic rings. The Hall–Kier alpha value is -2.51. The molecule has 0 atom stereocenters. The van der Waals surface area contributed by atoms with Crippen LogP contribution >= 0.6 is 11.6 Å². The number of carbonyl (C=O) groups excluding carboxylic acids is 1. The number of hydrogen-bond acceptors (Lipinski definition) is 4. The zero-order valence-corrected chi connectivity index (χ0v) is 12.8. The first-order valence-electron chi connectivity index (χ1n) is 6.71. The summed E-state index contributed by atoms with van der Waals surface area (Å²) in [5, 5.41) is 9.21. The van der Waals surface area contributed by atoms with E-state index in [0.717, 1.165) is 5.56 Å². The smallest absolute Gasteiger partial charge is 0.180 e. The van der Waals surface area contributed by atoms with Gasteiger partial charge in [0, 0.05) is 5.56 Å². The van der Waals surface area contributed by atoms with Crippen LogP contribution in [0.2, 0.25) is 5.02 Å². The minimum atomic E-state index is 0.246. The second-order valence-corrected chi connectivity index (χ2v) is 4.89. The minimum Gasteiger partial charge on any atom is -0.490 e. The molecule has 112 valence electrons. The molecule has 0 spiro atoms. The zero-order valence-electron chi connectivity index (χ0n) is 12.0. The fourth-order valence-electron chi connectivity index (χ4n) is 1.95. The SMILES string of the molecule is CCOc1cc(C=O)cc(Cl)c1OCc1cccc(C#N)c1. The van der Waals surface area contributed by atoms with E-state index in [-0.39, 0.29) is 6.61 Å². The van der Waals surface area contributed by atoms with E-state index < -0.39 is 0 Å². The van der Waals surface area contributed by atoms with E-state index in [2.05, 4.69) is 6.07 Å². The first-order chi connectivity index (χ1) is 10.7. The molecule has 0 unspecified atom stereocenters. The van der Waals surface area contributed by atoms with Gasteiger partial charge in [0.25, 0.3) is 0 Å². The molecule has 0 aromatic heterocycles.